The van der Waals surface area contributed by atoms with Gasteiger partial charge in [-0.15, -0.1) is 0 Å². The molecule has 0 spiro atoms. The number of hydrogen-bond acceptors (Lipinski definition) is 0. The maximum Gasteiger partial charge on any atom is 0.115 e. The van der Waals surface area contributed by atoms with Gasteiger partial charge in [-0.2, -0.15) is 0 Å². The quantitative estimate of drug-likeness (QED) is 0.162. The smallest absolute Gasteiger partial charge is 0.115 e. The van der Waals surface area contributed by atoms with E-state index in [1.165, 1.54) is 5.56 Å². The Balaban J connectivity index is 1.24. The van der Waals surface area contributed by atoms with Gasteiger partial charge in [-0.25, -0.2) is 0 Å². The van der Waals surface area contributed by atoms with E-state index in [2.05, 4.69) is 173 Å². The summed E-state index contributed by atoms with van der Waals surface area (Å²) in [7, 11) is 21.5. The molecular formula is C48H29B3N2. The highest BCUT2D eigenvalue weighted by molar-refractivity contribution is 6.60. The van der Waals surface area contributed by atoms with Gasteiger partial charge in [0, 0.05) is 44.0 Å². The predicted octanol–water partition coefficient (Wildman–Crippen LogP) is 9.26. The van der Waals surface area contributed by atoms with Crippen molar-refractivity contribution in [2.24, 2.45) is 0 Å². The Hall–Kier alpha value is -6.45. The van der Waals surface area contributed by atoms with Crippen LogP contribution in [0.25, 0.3) is 88.4 Å². The Labute approximate surface area is 312 Å². The third kappa shape index (κ3) is 4.84. The van der Waals surface area contributed by atoms with Crippen LogP contribution in [-0.4, -0.2) is 32.7 Å². The monoisotopic (exact) mass is 666 g/mol. The lowest BCUT2D eigenvalue weighted by molar-refractivity contribution is 1.18. The Morgan fingerprint density at radius 3 is 1.70 bits per heavy atom. The summed E-state index contributed by atoms with van der Waals surface area (Å²) in [5, 5.41) is 4.17. The second-order valence-electron chi connectivity index (χ2n) is 13.6. The van der Waals surface area contributed by atoms with Gasteiger partial charge in [0.1, 0.15) is 23.5 Å². The van der Waals surface area contributed by atoms with Gasteiger partial charge in [0.2, 0.25) is 0 Å². The van der Waals surface area contributed by atoms with Gasteiger partial charge in [0.05, 0.1) is 16.6 Å². The van der Waals surface area contributed by atoms with Crippen LogP contribution >= 0.6 is 0 Å². The van der Waals surface area contributed by atoms with Crippen molar-refractivity contribution in [3.05, 3.63) is 176 Å². The van der Waals surface area contributed by atoms with E-state index in [0.29, 0.717) is 16.4 Å². The van der Waals surface area contributed by atoms with Crippen LogP contribution in [0, 0.1) is 0 Å². The first-order valence-corrected chi connectivity index (χ1v) is 17.8. The Morgan fingerprint density at radius 1 is 0.340 bits per heavy atom. The van der Waals surface area contributed by atoms with Crippen molar-refractivity contribution in [2.75, 3.05) is 0 Å². The molecule has 2 nitrogen and oxygen atoms in total. The van der Waals surface area contributed by atoms with Gasteiger partial charge in [-0.3, -0.25) is 0 Å². The summed E-state index contributed by atoms with van der Waals surface area (Å²) >= 11 is 0. The molecule has 10 aromatic rings. The molecule has 5 heteroatoms. The fourth-order valence-corrected chi connectivity index (χ4v) is 8.25. The lowest BCUT2D eigenvalue weighted by Crippen LogP contribution is -2.35. The van der Waals surface area contributed by atoms with Crippen molar-refractivity contribution in [1.29, 1.82) is 0 Å². The van der Waals surface area contributed by atoms with Crippen LogP contribution in [0.2, 0.25) is 0 Å². The topological polar surface area (TPSA) is 9.86 Å². The summed E-state index contributed by atoms with van der Waals surface area (Å²) < 4.78 is 4.56. The molecule has 10 rings (SSSR count). The Morgan fingerprint density at radius 2 is 0.925 bits per heavy atom. The molecule has 2 heterocycles. The third-order valence-corrected chi connectivity index (χ3v) is 10.6. The van der Waals surface area contributed by atoms with Gasteiger partial charge < -0.3 is 9.13 Å². The summed E-state index contributed by atoms with van der Waals surface area (Å²) in [6.07, 6.45) is 0. The summed E-state index contributed by atoms with van der Waals surface area (Å²) in [5.41, 5.74) is 14.0. The maximum absolute atomic E-state index is 7.30. The Kier molecular flexibility index (Phi) is 7.30. The average molecular weight is 666 g/mol. The highest BCUT2D eigenvalue weighted by Gasteiger charge is 2.22. The molecule has 0 N–H and O–H groups in total. The molecule has 0 saturated heterocycles. The molecule has 8 aromatic carbocycles. The first-order chi connectivity index (χ1) is 26.1. The number of hydrogen-bond donors (Lipinski definition) is 0. The van der Waals surface area contributed by atoms with Crippen LogP contribution in [0.5, 0.6) is 0 Å². The molecule has 0 unspecified atom stereocenters. The van der Waals surface area contributed by atoms with E-state index in [-0.39, 0.29) is 0 Å². The summed E-state index contributed by atoms with van der Waals surface area (Å²) in [4.78, 5) is 0. The van der Waals surface area contributed by atoms with Gasteiger partial charge >= 0.3 is 0 Å². The van der Waals surface area contributed by atoms with Crippen molar-refractivity contribution in [3.8, 4) is 44.8 Å². The van der Waals surface area contributed by atoms with E-state index in [4.69, 9.17) is 23.5 Å². The first kappa shape index (κ1) is 31.3. The van der Waals surface area contributed by atoms with Crippen LogP contribution < -0.4 is 16.4 Å². The molecule has 0 atom stereocenters. The van der Waals surface area contributed by atoms with Crippen LogP contribution in [0.3, 0.4) is 0 Å². The van der Waals surface area contributed by atoms with E-state index in [1.54, 1.807) is 0 Å². The highest BCUT2D eigenvalue weighted by atomic mass is 15.0. The van der Waals surface area contributed by atoms with Crippen molar-refractivity contribution in [2.45, 2.75) is 0 Å². The number of benzene rings is 8. The minimum atomic E-state index is 0.467. The van der Waals surface area contributed by atoms with Crippen LogP contribution in [-0.2, 0) is 0 Å². The minimum Gasteiger partial charge on any atom is -0.310 e. The maximum atomic E-state index is 7.30. The molecule has 0 fully saturated rings. The molecule has 2 aromatic heterocycles. The third-order valence-electron chi connectivity index (χ3n) is 10.6. The molecule has 53 heavy (non-hydrogen) atoms. The lowest BCUT2D eigenvalue weighted by Gasteiger charge is -2.19. The SMILES string of the molecule is [B]c1c(-c2ccc3c(c2)c2cccc(-c4ccccc4)c2n3-c2ccccc2)c([B])c2c3ccccc3n(-c3cccc(-c4ccccc4)c3)c2c1[B]. The van der Waals surface area contributed by atoms with E-state index in [9.17, 15) is 0 Å². The van der Waals surface area contributed by atoms with Crippen molar-refractivity contribution in [1.82, 2.24) is 9.13 Å². The van der Waals surface area contributed by atoms with Crippen LogP contribution in [0.1, 0.15) is 0 Å². The molecular weight excluding hydrogens is 637 g/mol. The van der Waals surface area contributed by atoms with Crippen molar-refractivity contribution >= 4 is 83.5 Å². The summed E-state index contributed by atoms with van der Waals surface area (Å²) in [6, 6.07) is 61.4. The molecule has 240 valence electrons. The lowest BCUT2D eigenvalue weighted by atomic mass is 9.69. The molecule has 0 amide bonds. The van der Waals surface area contributed by atoms with E-state index in [0.717, 1.165) is 82.8 Å². The normalized spacial score (nSPS) is 11.6. The van der Waals surface area contributed by atoms with E-state index < -0.39 is 0 Å². The highest BCUT2D eigenvalue weighted by Crippen LogP contribution is 2.40. The standard InChI is InChI=1S/C48H29B3N2/c49-44-42(33-26-27-41-39(29-33)37-24-13-23-36(31-16-6-2-7-17-31)47(37)52(41)34-19-8-3-9-20-34)45(50)46(51)48-43(44)38-22-10-11-25-40(38)53(48)35-21-12-18-32(28-35)30-14-4-1-5-15-30/h1-29H. The fourth-order valence-electron chi connectivity index (χ4n) is 8.25. The molecule has 0 aliphatic carbocycles. The number of rotatable bonds is 5. The molecule has 0 aliphatic rings. The zero-order chi connectivity index (χ0) is 35.6. The summed E-state index contributed by atoms with van der Waals surface area (Å²) in [5.74, 6) is 0. The molecule has 0 saturated carbocycles. The number of para-hydroxylation sites is 3. The van der Waals surface area contributed by atoms with Crippen LogP contribution in [0.15, 0.2) is 176 Å². The fraction of sp³-hybridized carbons (Fsp3) is 0. The van der Waals surface area contributed by atoms with Gasteiger partial charge in [-0.1, -0.05) is 150 Å². The molecule has 6 radical (unpaired) electrons. The molecule has 0 bridgehead atoms. The zero-order valence-corrected chi connectivity index (χ0v) is 28.9. The second kappa shape index (κ2) is 12.4. The number of aromatic nitrogens is 2. The second-order valence-corrected chi connectivity index (χ2v) is 13.6. The van der Waals surface area contributed by atoms with E-state index in [1.807, 2.05) is 12.1 Å². The Bertz CT molecular complexity index is 3020. The van der Waals surface area contributed by atoms with Crippen molar-refractivity contribution < 1.29 is 0 Å². The van der Waals surface area contributed by atoms with Crippen molar-refractivity contribution in [3.63, 3.8) is 0 Å². The largest absolute Gasteiger partial charge is 0.310 e. The van der Waals surface area contributed by atoms with Gasteiger partial charge in [0.25, 0.3) is 0 Å². The average Bonchev–Trinajstić information content (AvgIpc) is 3.75. The van der Waals surface area contributed by atoms with Gasteiger partial charge in [-0.05, 0) is 70.3 Å². The number of nitrogens with zero attached hydrogens (tertiary/aromatic N) is 2. The van der Waals surface area contributed by atoms with E-state index >= 15 is 0 Å². The summed E-state index contributed by atoms with van der Waals surface area (Å²) in [6.45, 7) is 0. The minimum absolute atomic E-state index is 0.467. The van der Waals surface area contributed by atoms with Crippen LogP contribution in [0.4, 0.5) is 0 Å². The predicted molar refractivity (Wildman–Crippen MR) is 228 cm³/mol. The molecule has 0 aliphatic heterocycles. The zero-order valence-electron chi connectivity index (χ0n) is 28.9. The number of fused-ring (bicyclic) bond motifs is 6. The van der Waals surface area contributed by atoms with Gasteiger partial charge in [0.15, 0.2) is 0 Å². The first-order valence-electron chi connectivity index (χ1n) is 17.8.